The van der Waals surface area contributed by atoms with E-state index in [1.54, 1.807) is 4.57 Å². The summed E-state index contributed by atoms with van der Waals surface area (Å²) < 4.78 is 3.59. The van der Waals surface area contributed by atoms with Crippen LogP contribution in [0.3, 0.4) is 0 Å². The Bertz CT molecular complexity index is 1360. The van der Waals surface area contributed by atoms with Crippen molar-refractivity contribution in [3.05, 3.63) is 65.0 Å². The van der Waals surface area contributed by atoms with E-state index in [9.17, 15) is 9.59 Å². The first-order chi connectivity index (χ1) is 16.7. The first-order valence-corrected chi connectivity index (χ1v) is 13.0. The van der Waals surface area contributed by atoms with Gasteiger partial charge in [0.05, 0.1) is 16.7 Å². The summed E-state index contributed by atoms with van der Waals surface area (Å²) in [4.78, 5) is 28.6. The number of rotatable bonds is 7. The minimum Gasteiger partial charge on any atom is -0.309 e. The van der Waals surface area contributed by atoms with Crippen LogP contribution in [0.1, 0.15) is 45.4 Å². The van der Waals surface area contributed by atoms with Gasteiger partial charge in [0, 0.05) is 18.3 Å². The topological polar surface area (TPSA) is 72.5 Å². The van der Waals surface area contributed by atoms with Crippen molar-refractivity contribution in [2.45, 2.75) is 63.2 Å². The van der Waals surface area contributed by atoms with Gasteiger partial charge in [-0.15, -0.1) is 10.2 Å². The van der Waals surface area contributed by atoms with Crippen LogP contribution in [0.4, 0.5) is 5.69 Å². The smallest absolute Gasteiger partial charge is 0.262 e. The Morgan fingerprint density at radius 3 is 2.53 bits per heavy atom. The number of hydrogen-bond donors (Lipinski definition) is 0. The average molecular weight is 476 g/mol. The molecule has 0 bridgehead atoms. The number of nitrogens with zero attached hydrogens (tertiary/aromatic N) is 5. The normalized spacial score (nSPS) is 14.6. The first-order valence-electron chi connectivity index (χ1n) is 12.1. The number of carbonyl (C=O) groups is 1. The fourth-order valence-corrected chi connectivity index (χ4v) is 5.73. The van der Waals surface area contributed by atoms with Gasteiger partial charge in [0.2, 0.25) is 11.7 Å². The lowest BCUT2D eigenvalue weighted by Crippen LogP contribution is -2.42. The lowest BCUT2D eigenvalue weighted by atomic mass is 9.93. The largest absolute Gasteiger partial charge is 0.309 e. The summed E-state index contributed by atoms with van der Waals surface area (Å²) in [6.07, 6.45) is 6.43. The zero-order chi connectivity index (χ0) is 23.5. The molecule has 2 aromatic carbocycles. The summed E-state index contributed by atoms with van der Waals surface area (Å²) in [7, 11) is 0. The fourth-order valence-electron chi connectivity index (χ4n) is 4.93. The molecule has 0 unspecified atom stereocenters. The predicted molar refractivity (Wildman–Crippen MR) is 137 cm³/mol. The van der Waals surface area contributed by atoms with Crippen LogP contribution in [0, 0.1) is 0 Å². The van der Waals surface area contributed by atoms with Gasteiger partial charge in [-0.05, 0) is 43.5 Å². The first kappa shape index (κ1) is 22.7. The highest BCUT2D eigenvalue weighted by atomic mass is 32.2. The number of carbonyl (C=O) groups excluding carboxylic acids is 1. The highest BCUT2D eigenvalue weighted by Crippen LogP contribution is 2.29. The van der Waals surface area contributed by atoms with Crippen molar-refractivity contribution in [2.24, 2.45) is 0 Å². The van der Waals surface area contributed by atoms with E-state index in [1.807, 2.05) is 70.8 Å². The maximum Gasteiger partial charge on any atom is 0.262 e. The molecule has 1 aliphatic rings. The zero-order valence-corrected chi connectivity index (χ0v) is 20.2. The van der Waals surface area contributed by atoms with E-state index >= 15 is 0 Å². The number of aryl methyl sites for hydroxylation is 1. The van der Waals surface area contributed by atoms with E-state index in [2.05, 4.69) is 10.2 Å². The molecule has 7 nitrogen and oxygen atoms in total. The van der Waals surface area contributed by atoms with E-state index < -0.39 is 0 Å². The Balaban J connectivity index is 1.48. The molecule has 1 saturated carbocycles. The van der Waals surface area contributed by atoms with Crippen LogP contribution in [0.5, 0.6) is 0 Å². The van der Waals surface area contributed by atoms with Crippen molar-refractivity contribution in [3.8, 4) is 0 Å². The molecule has 176 valence electrons. The zero-order valence-electron chi connectivity index (χ0n) is 19.4. The maximum absolute atomic E-state index is 13.6. The molecular formula is C26H29N5O2S. The summed E-state index contributed by atoms with van der Waals surface area (Å²) in [5, 5.41) is 10.00. The third-order valence-corrected chi connectivity index (χ3v) is 7.41. The van der Waals surface area contributed by atoms with E-state index in [0.29, 0.717) is 22.9 Å². The second-order valence-corrected chi connectivity index (χ2v) is 9.71. The van der Waals surface area contributed by atoms with Crippen LogP contribution in [0.2, 0.25) is 0 Å². The van der Waals surface area contributed by atoms with Crippen molar-refractivity contribution in [3.63, 3.8) is 0 Å². The second-order valence-electron chi connectivity index (χ2n) is 8.77. The van der Waals surface area contributed by atoms with E-state index in [1.165, 1.54) is 18.2 Å². The molecule has 1 amide bonds. The number of thioether (sulfide) groups is 1. The van der Waals surface area contributed by atoms with Crippen molar-refractivity contribution in [1.29, 1.82) is 0 Å². The Morgan fingerprint density at radius 2 is 1.76 bits per heavy atom. The van der Waals surface area contributed by atoms with Gasteiger partial charge in [-0.3, -0.25) is 18.6 Å². The van der Waals surface area contributed by atoms with Crippen LogP contribution in [-0.2, 0) is 11.3 Å². The molecule has 0 radical (unpaired) electrons. The molecule has 34 heavy (non-hydrogen) atoms. The van der Waals surface area contributed by atoms with E-state index in [0.717, 1.165) is 43.3 Å². The lowest BCUT2D eigenvalue weighted by Gasteiger charge is -2.34. The quantitative estimate of drug-likeness (QED) is 0.355. The van der Waals surface area contributed by atoms with Gasteiger partial charge in [0.25, 0.3) is 5.56 Å². The monoisotopic (exact) mass is 475 g/mol. The summed E-state index contributed by atoms with van der Waals surface area (Å²) in [5.74, 6) is 0.853. The Morgan fingerprint density at radius 1 is 1.03 bits per heavy atom. The molecule has 0 saturated heterocycles. The van der Waals surface area contributed by atoms with Crippen LogP contribution in [0.25, 0.3) is 16.7 Å². The molecule has 1 aliphatic carbocycles. The van der Waals surface area contributed by atoms with Crippen molar-refractivity contribution < 1.29 is 4.79 Å². The van der Waals surface area contributed by atoms with Gasteiger partial charge in [-0.25, -0.2) is 0 Å². The van der Waals surface area contributed by atoms with Crippen LogP contribution >= 0.6 is 11.8 Å². The molecule has 4 aromatic rings. The molecule has 8 heteroatoms. The van der Waals surface area contributed by atoms with Gasteiger partial charge in [0.15, 0.2) is 5.16 Å². The van der Waals surface area contributed by atoms with Crippen molar-refractivity contribution in [2.75, 3.05) is 10.7 Å². The lowest BCUT2D eigenvalue weighted by molar-refractivity contribution is -0.116. The van der Waals surface area contributed by atoms with Crippen molar-refractivity contribution in [1.82, 2.24) is 19.2 Å². The molecule has 5 rings (SSSR count). The highest BCUT2D eigenvalue weighted by Gasteiger charge is 2.27. The number of fused-ring (bicyclic) bond motifs is 3. The number of benzene rings is 2. The molecule has 0 atom stereocenters. The second kappa shape index (κ2) is 10.0. The number of aromatic nitrogens is 4. The van der Waals surface area contributed by atoms with E-state index in [4.69, 9.17) is 0 Å². The van der Waals surface area contributed by atoms with Gasteiger partial charge in [0.1, 0.15) is 0 Å². The number of amides is 1. The Labute approximate surface area is 202 Å². The Kier molecular flexibility index (Phi) is 6.67. The predicted octanol–water partition coefficient (Wildman–Crippen LogP) is 4.91. The molecule has 2 heterocycles. The number of anilines is 1. The van der Waals surface area contributed by atoms with Gasteiger partial charge >= 0.3 is 0 Å². The summed E-state index contributed by atoms with van der Waals surface area (Å²) in [5.41, 5.74) is 1.66. The Hall–Kier alpha value is -3.13. The third-order valence-electron chi connectivity index (χ3n) is 6.49. The maximum atomic E-state index is 13.6. The molecule has 0 spiro atoms. The van der Waals surface area contributed by atoms with Gasteiger partial charge in [-0.1, -0.05) is 68.3 Å². The number of hydrogen-bond acceptors (Lipinski definition) is 5. The van der Waals surface area contributed by atoms with Crippen LogP contribution < -0.4 is 10.5 Å². The van der Waals surface area contributed by atoms with Crippen molar-refractivity contribution >= 4 is 40.0 Å². The van der Waals surface area contributed by atoms with Gasteiger partial charge in [-0.2, -0.15) is 0 Å². The minimum absolute atomic E-state index is 0.0578. The SMILES string of the molecule is CCCn1c(=O)c2ccccc2n2c(SCC(=O)N(c3ccccc3)C3CCCCC3)nnc12. The minimum atomic E-state index is -0.0578. The third kappa shape index (κ3) is 4.22. The molecule has 2 aromatic heterocycles. The highest BCUT2D eigenvalue weighted by molar-refractivity contribution is 7.99. The summed E-state index contributed by atoms with van der Waals surface area (Å²) in [6, 6.07) is 17.7. The average Bonchev–Trinajstić information content (AvgIpc) is 3.31. The van der Waals surface area contributed by atoms with Crippen LogP contribution in [-0.4, -0.2) is 36.9 Å². The summed E-state index contributed by atoms with van der Waals surface area (Å²) >= 11 is 1.38. The number of para-hydroxylation sites is 2. The fraction of sp³-hybridized carbons (Fsp3) is 0.385. The summed E-state index contributed by atoms with van der Waals surface area (Å²) in [6.45, 7) is 2.60. The molecule has 0 aliphatic heterocycles. The molecule has 0 N–H and O–H groups in total. The molecular weight excluding hydrogens is 446 g/mol. The van der Waals surface area contributed by atoms with Gasteiger partial charge < -0.3 is 4.90 Å². The molecule has 1 fully saturated rings. The van der Waals surface area contributed by atoms with E-state index in [-0.39, 0.29) is 23.3 Å². The standard InChI is InChI=1S/C26H29N5O2S/c1-2-17-29-24(33)21-15-9-10-16-22(21)31-25(29)27-28-26(31)34-18-23(32)30(19-11-5-3-6-12-19)20-13-7-4-8-14-20/h3,5-6,9-12,15-16,20H,2,4,7-8,13-14,17-18H2,1H3. The van der Waals surface area contributed by atoms with Crippen LogP contribution in [0.15, 0.2) is 64.5 Å².